The predicted octanol–water partition coefficient (Wildman–Crippen LogP) is 10.9. The zero-order valence-corrected chi connectivity index (χ0v) is 23.8. The van der Waals surface area contributed by atoms with Crippen LogP contribution in [-0.2, 0) is 12.8 Å². The third-order valence-electron chi connectivity index (χ3n) is 10.2. The lowest BCUT2D eigenvalue weighted by molar-refractivity contribution is 0.136. The molecule has 1 aromatic carbocycles. The average Bonchev–Trinajstić information content (AvgIpc) is 2.93. The van der Waals surface area contributed by atoms with Crippen LogP contribution >= 0.6 is 0 Å². The van der Waals surface area contributed by atoms with E-state index in [-0.39, 0.29) is 0 Å². The molecule has 0 nitrogen and oxygen atoms in total. The molecule has 2 saturated carbocycles. The van der Waals surface area contributed by atoms with Crippen LogP contribution in [0.4, 0.5) is 0 Å². The molecule has 0 amide bonds. The maximum Gasteiger partial charge on any atom is -0.0205 e. The zero-order valence-electron chi connectivity index (χ0n) is 23.8. The molecule has 0 saturated heterocycles. The van der Waals surface area contributed by atoms with Crippen LogP contribution in [-0.4, -0.2) is 0 Å². The fraction of sp³-hybridized carbons (Fsp3) is 0.722. The minimum absolute atomic E-state index is 0.849. The monoisotopic (exact) mass is 488 g/mol. The lowest BCUT2D eigenvalue weighted by Gasteiger charge is -2.40. The highest BCUT2D eigenvalue weighted by Crippen LogP contribution is 2.45. The van der Waals surface area contributed by atoms with E-state index in [1.54, 1.807) is 0 Å². The van der Waals surface area contributed by atoms with Crippen molar-refractivity contribution in [3.8, 4) is 0 Å². The molecule has 0 spiro atoms. The SMILES string of the molecule is CCCCCc1ccc(CCC=CC2CCC(C3CCC(C4C=CC(CCC)CC4)CC3)CC2)cc1. The van der Waals surface area contributed by atoms with Crippen molar-refractivity contribution < 1.29 is 0 Å². The molecule has 2 atom stereocenters. The Bertz CT molecular complexity index is 767. The van der Waals surface area contributed by atoms with Gasteiger partial charge < -0.3 is 0 Å². The predicted molar refractivity (Wildman–Crippen MR) is 158 cm³/mol. The molecule has 0 N–H and O–H groups in total. The van der Waals surface area contributed by atoms with Gasteiger partial charge in [0.1, 0.15) is 0 Å². The minimum atomic E-state index is 0.849. The largest absolute Gasteiger partial charge is 0.0879 e. The summed E-state index contributed by atoms with van der Waals surface area (Å²) in [6.45, 7) is 4.62. The summed E-state index contributed by atoms with van der Waals surface area (Å²) in [5.41, 5.74) is 3.02. The summed E-state index contributed by atoms with van der Waals surface area (Å²) < 4.78 is 0. The van der Waals surface area contributed by atoms with E-state index in [1.165, 1.54) is 127 Å². The molecular formula is C36H56. The second kappa shape index (κ2) is 15.2. The van der Waals surface area contributed by atoms with Crippen molar-refractivity contribution in [3.05, 3.63) is 59.7 Å². The van der Waals surface area contributed by atoms with Gasteiger partial charge in [-0.3, -0.25) is 0 Å². The van der Waals surface area contributed by atoms with Gasteiger partial charge in [0.2, 0.25) is 0 Å². The maximum atomic E-state index is 2.63. The summed E-state index contributed by atoms with van der Waals surface area (Å²) in [6, 6.07) is 9.45. The Morgan fingerprint density at radius 1 is 0.639 bits per heavy atom. The lowest BCUT2D eigenvalue weighted by atomic mass is 9.66. The molecule has 0 aromatic heterocycles. The van der Waals surface area contributed by atoms with Crippen molar-refractivity contribution in [1.29, 1.82) is 0 Å². The normalized spacial score (nSPS) is 31.2. The summed E-state index contributed by atoms with van der Waals surface area (Å²) in [6.07, 6.45) is 35.5. The minimum Gasteiger partial charge on any atom is -0.0879 e. The van der Waals surface area contributed by atoms with E-state index in [2.05, 4.69) is 62.4 Å². The first-order valence-electron chi connectivity index (χ1n) is 16.2. The van der Waals surface area contributed by atoms with Crippen LogP contribution in [0.25, 0.3) is 0 Å². The number of hydrogen-bond acceptors (Lipinski definition) is 0. The number of rotatable bonds is 12. The smallest absolute Gasteiger partial charge is 0.0205 e. The highest BCUT2D eigenvalue weighted by molar-refractivity contribution is 5.23. The molecule has 3 aliphatic rings. The molecule has 1 aromatic rings. The number of unbranched alkanes of at least 4 members (excludes halogenated alkanes) is 2. The summed E-state index contributed by atoms with van der Waals surface area (Å²) in [5, 5.41) is 0. The van der Waals surface area contributed by atoms with Crippen molar-refractivity contribution >= 4 is 0 Å². The molecule has 0 bridgehead atoms. The van der Waals surface area contributed by atoms with Gasteiger partial charge in [-0.15, -0.1) is 0 Å². The first-order chi connectivity index (χ1) is 17.7. The molecule has 2 unspecified atom stereocenters. The van der Waals surface area contributed by atoms with Gasteiger partial charge in [0.05, 0.1) is 0 Å². The fourth-order valence-corrected chi connectivity index (χ4v) is 7.75. The van der Waals surface area contributed by atoms with Crippen LogP contribution in [0.1, 0.15) is 128 Å². The Balaban J connectivity index is 1.09. The topological polar surface area (TPSA) is 0 Å². The number of aryl methyl sites for hydroxylation is 2. The van der Waals surface area contributed by atoms with Crippen LogP contribution < -0.4 is 0 Å². The average molecular weight is 489 g/mol. The van der Waals surface area contributed by atoms with E-state index in [0.29, 0.717) is 0 Å². The van der Waals surface area contributed by atoms with Crippen LogP contribution in [0.15, 0.2) is 48.6 Å². The van der Waals surface area contributed by atoms with E-state index >= 15 is 0 Å². The Hall–Kier alpha value is -1.30. The van der Waals surface area contributed by atoms with Crippen LogP contribution in [0, 0.1) is 35.5 Å². The van der Waals surface area contributed by atoms with Crippen molar-refractivity contribution in [2.45, 2.75) is 129 Å². The fourth-order valence-electron chi connectivity index (χ4n) is 7.75. The van der Waals surface area contributed by atoms with Gasteiger partial charge in [-0.2, -0.15) is 0 Å². The maximum absolute atomic E-state index is 2.63. The Morgan fingerprint density at radius 2 is 1.28 bits per heavy atom. The summed E-state index contributed by atoms with van der Waals surface area (Å²) in [7, 11) is 0. The summed E-state index contributed by atoms with van der Waals surface area (Å²) in [4.78, 5) is 0. The molecular weight excluding hydrogens is 432 g/mol. The Labute approximate surface area is 224 Å². The second-order valence-corrected chi connectivity index (χ2v) is 12.8. The van der Waals surface area contributed by atoms with Gasteiger partial charge in [-0.25, -0.2) is 0 Å². The summed E-state index contributed by atoms with van der Waals surface area (Å²) >= 11 is 0. The molecule has 0 radical (unpaired) electrons. The van der Waals surface area contributed by atoms with Crippen LogP contribution in [0.2, 0.25) is 0 Å². The molecule has 0 heteroatoms. The van der Waals surface area contributed by atoms with Crippen molar-refractivity contribution in [2.75, 3.05) is 0 Å². The number of allylic oxidation sites excluding steroid dienone is 4. The molecule has 0 heterocycles. The van der Waals surface area contributed by atoms with Crippen molar-refractivity contribution in [2.24, 2.45) is 35.5 Å². The Morgan fingerprint density at radius 3 is 1.89 bits per heavy atom. The zero-order chi connectivity index (χ0) is 25.0. The molecule has 3 aliphatic carbocycles. The van der Waals surface area contributed by atoms with Crippen molar-refractivity contribution in [1.82, 2.24) is 0 Å². The molecule has 0 aliphatic heterocycles. The van der Waals surface area contributed by atoms with Gasteiger partial charge in [0.25, 0.3) is 0 Å². The second-order valence-electron chi connectivity index (χ2n) is 12.8. The molecule has 36 heavy (non-hydrogen) atoms. The van der Waals surface area contributed by atoms with E-state index in [4.69, 9.17) is 0 Å². The van der Waals surface area contributed by atoms with E-state index in [0.717, 1.165) is 35.5 Å². The lowest BCUT2D eigenvalue weighted by Crippen LogP contribution is -2.28. The van der Waals surface area contributed by atoms with Gasteiger partial charge in [-0.1, -0.05) is 81.7 Å². The number of hydrogen-bond donors (Lipinski definition) is 0. The molecule has 4 rings (SSSR count). The first-order valence-corrected chi connectivity index (χ1v) is 16.2. The summed E-state index contributed by atoms with van der Waals surface area (Å²) in [5.74, 6) is 5.71. The number of benzene rings is 1. The Kier molecular flexibility index (Phi) is 11.7. The molecule has 200 valence electrons. The standard InChI is InChI=1S/C36H56/c1-3-5-6-10-30-13-15-31(16-14-30)11-7-8-12-32-19-23-34(24-20-32)36-27-25-35(26-28-36)33-21-17-29(9-4-2)18-22-33/h8,12-17,21,29,32-36H,3-7,9-11,18-20,22-28H2,1-2H3. The molecule has 2 fully saturated rings. The van der Waals surface area contributed by atoms with Crippen LogP contribution in [0.5, 0.6) is 0 Å². The third-order valence-corrected chi connectivity index (χ3v) is 10.2. The van der Waals surface area contributed by atoms with Crippen molar-refractivity contribution in [3.63, 3.8) is 0 Å². The van der Waals surface area contributed by atoms with E-state index in [9.17, 15) is 0 Å². The van der Waals surface area contributed by atoms with Crippen LogP contribution in [0.3, 0.4) is 0 Å². The first kappa shape index (κ1) is 27.7. The van der Waals surface area contributed by atoms with E-state index < -0.39 is 0 Å². The highest BCUT2D eigenvalue weighted by atomic mass is 14.4. The van der Waals surface area contributed by atoms with Gasteiger partial charge >= 0.3 is 0 Å². The third kappa shape index (κ3) is 8.63. The van der Waals surface area contributed by atoms with Gasteiger partial charge in [-0.05, 0) is 143 Å². The van der Waals surface area contributed by atoms with Gasteiger partial charge in [0, 0.05) is 0 Å². The highest BCUT2D eigenvalue weighted by Gasteiger charge is 2.33. The van der Waals surface area contributed by atoms with E-state index in [1.807, 2.05) is 0 Å². The van der Waals surface area contributed by atoms with Gasteiger partial charge in [0.15, 0.2) is 0 Å². The quantitative estimate of drug-likeness (QED) is 0.203.